The Morgan fingerprint density at radius 2 is 1.74 bits per heavy atom. The quantitative estimate of drug-likeness (QED) is 0.266. The summed E-state index contributed by atoms with van der Waals surface area (Å²) >= 11 is 0. The summed E-state index contributed by atoms with van der Waals surface area (Å²) < 4.78 is 23.7. The number of benzene rings is 2. The molecule has 230 valence electrons. The molecule has 2 heterocycles. The van der Waals surface area contributed by atoms with E-state index < -0.39 is 12.0 Å². The highest BCUT2D eigenvalue weighted by molar-refractivity contribution is 5.96. The zero-order chi connectivity index (χ0) is 30.5. The van der Waals surface area contributed by atoms with E-state index in [1.54, 1.807) is 13.2 Å². The van der Waals surface area contributed by atoms with Crippen LogP contribution < -0.4 is 0 Å². The Hall–Kier alpha value is -3.52. The molecule has 8 heteroatoms. The van der Waals surface area contributed by atoms with Crippen molar-refractivity contribution >= 4 is 28.6 Å². The zero-order valence-electron chi connectivity index (χ0n) is 25.4. The van der Waals surface area contributed by atoms with Gasteiger partial charge in [0, 0.05) is 42.8 Å². The summed E-state index contributed by atoms with van der Waals surface area (Å²) in [5, 5.41) is 0.815. The maximum Gasteiger partial charge on any atom is 0.354 e. The average Bonchev–Trinajstić information content (AvgIpc) is 3.68. The number of carbonyl (C=O) groups excluding carboxylic acids is 3. The van der Waals surface area contributed by atoms with Crippen LogP contribution in [0.25, 0.3) is 10.9 Å². The number of ketones is 1. The van der Waals surface area contributed by atoms with E-state index in [4.69, 9.17) is 9.47 Å². The number of carbonyl (C=O) groups is 3. The van der Waals surface area contributed by atoms with Crippen molar-refractivity contribution in [2.24, 2.45) is 17.8 Å². The van der Waals surface area contributed by atoms with Gasteiger partial charge in [-0.3, -0.25) is 14.0 Å². The first kappa shape index (κ1) is 30.9. The second kappa shape index (κ2) is 13.8. The molecule has 3 aromatic rings. The molecule has 1 aromatic heterocycles. The number of hydrogen-bond donors (Lipinski definition) is 1. The van der Waals surface area contributed by atoms with Crippen LogP contribution in [-0.4, -0.2) is 66.6 Å². The van der Waals surface area contributed by atoms with Gasteiger partial charge in [0.05, 0.1) is 18.8 Å². The van der Waals surface area contributed by atoms with Gasteiger partial charge in [-0.05, 0) is 80.2 Å². The molecule has 2 aliphatic rings. The number of ether oxygens (including phenoxy) is 2. The predicted molar refractivity (Wildman–Crippen MR) is 164 cm³/mol. The minimum absolute atomic E-state index is 0.0162. The maximum atomic E-state index is 14.1. The molecule has 5 rings (SSSR count). The number of aromatic nitrogens is 1. The van der Waals surface area contributed by atoms with Crippen molar-refractivity contribution in [3.63, 3.8) is 0 Å². The number of methoxy groups -OCH3 is 1. The second-order valence-electron chi connectivity index (χ2n) is 12.4. The van der Waals surface area contributed by atoms with Gasteiger partial charge in [0.2, 0.25) is 5.91 Å². The molecule has 7 nitrogen and oxygen atoms in total. The van der Waals surface area contributed by atoms with Crippen LogP contribution in [-0.2, 0) is 25.5 Å². The summed E-state index contributed by atoms with van der Waals surface area (Å²) in [6, 6.07) is 16.9. The number of aromatic amines is 1. The Bertz CT molecular complexity index is 1410. The Morgan fingerprint density at radius 3 is 2.44 bits per heavy atom. The van der Waals surface area contributed by atoms with Gasteiger partial charge in [-0.15, -0.1) is 0 Å². The summed E-state index contributed by atoms with van der Waals surface area (Å²) in [7, 11) is 1.56. The number of rotatable bonds is 11. The number of hydrogen-bond acceptors (Lipinski definition) is 5. The molecule has 43 heavy (non-hydrogen) atoms. The van der Waals surface area contributed by atoms with Gasteiger partial charge in [0.25, 0.3) is 0 Å². The number of nitrogens with zero attached hydrogens (tertiary/aromatic N) is 1. The number of alkyl halides is 1. The Morgan fingerprint density at radius 1 is 1.00 bits per heavy atom. The summed E-state index contributed by atoms with van der Waals surface area (Å²) in [6.45, 7) is 4.16. The first-order valence-electron chi connectivity index (χ1n) is 15.5. The molecule has 4 atom stereocenters. The van der Waals surface area contributed by atoms with E-state index in [0.717, 1.165) is 54.1 Å². The fourth-order valence-electron chi connectivity index (χ4n) is 6.83. The van der Waals surface area contributed by atoms with Gasteiger partial charge >= 0.3 is 5.97 Å². The van der Waals surface area contributed by atoms with Crippen molar-refractivity contribution in [1.82, 2.24) is 9.88 Å². The first-order valence-corrected chi connectivity index (χ1v) is 15.5. The van der Waals surface area contributed by atoms with Gasteiger partial charge < -0.3 is 19.4 Å². The van der Waals surface area contributed by atoms with Crippen LogP contribution in [0.1, 0.15) is 73.5 Å². The van der Waals surface area contributed by atoms with Crippen LogP contribution in [0.15, 0.2) is 54.6 Å². The highest BCUT2D eigenvalue weighted by Gasteiger charge is 2.44. The van der Waals surface area contributed by atoms with Gasteiger partial charge in [-0.25, -0.2) is 4.79 Å². The standard InChI is InChI=1S/C35H43FN2O5/c1-22(20-36)25-10-12-27(13-11-25)34(40)38-16-15-29(26-7-5-4-6-8-26)33(38)32(39)18-24-9-14-30-28(17-24)19-31(37-30)35(41)43-21-23(2)42-3/h4-9,14,17,19,22-23,25,27,29,33,37H,10-13,15-16,18,20-21H2,1-3H3/t22-,23+,25?,27?,29-,33+/m1/s1. The van der Waals surface area contributed by atoms with E-state index in [-0.39, 0.29) is 55.3 Å². The lowest BCUT2D eigenvalue weighted by atomic mass is 9.76. The fourth-order valence-corrected chi connectivity index (χ4v) is 6.83. The highest BCUT2D eigenvalue weighted by Crippen LogP contribution is 2.39. The summed E-state index contributed by atoms with van der Waals surface area (Å²) in [4.78, 5) is 45.4. The molecule has 1 saturated carbocycles. The zero-order valence-corrected chi connectivity index (χ0v) is 25.4. The fraction of sp³-hybridized carbons (Fsp3) is 0.514. The summed E-state index contributed by atoms with van der Waals surface area (Å²) in [5.74, 6) is -0.212. The van der Waals surface area contributed by atoms with E-state index in [9.17, 15) is 18.8 Å². The lowest BCUT2D eigenvalue weighted by Gasteiger charge is -2.35. The first-order chi connectivity index (χ1) is 20.8. The van der Waals surface area contributed by atoms with Crippen molar-refractivity contribution in [1.29, 1.82) is 0 Å². The van der Waals surface area contributed by atoms with Crippen molar-refractivity contribution in [3.05, 3.63) is 71.4 Å². The van der Waals surface area contributed by atoms with Crippen LogP contribution in [0.2, 0.25) is 0 Å². The van der Waals surface area contributed by atoms with Crippen molar-refractivity contribution < 1.29 is 28.2 Å². The number of likely N-dealkylation sites (tertiary alicyclic amines) is 1. The van der Waals surface area contributed by atoms with E-state index in [1.165, 1.54) is 0 Å². The lowest BCUT2D eigenvalue weighted by molar-refractivity contribution is -0.142. The maximum absolute atomic E-state index is 14.1. The number of esters is 1. The number of amides is 1. The second-order valence-corrected chi connectivity index (χ2v) is 12.4. The third-order valence-corrected chi connectivity index (χ3v) is 9.54. The normalized spacial score (nSPS) is 23.7. The largest absolute Gasteiger partial charge is 0.458 e. The number of fused-ring (bicyclic) bond motifs is 1. The molecular weight excluding hydrogens is 547 g/mol. The molecular formula is C35H43FN2O5. The average molecular weight is 591 g/mol. The molecule has 2 fully saturated rings. The molecule has 1 N–H and O–H groups in total. The minimum atomic E-state index is -0.535. The Labute approximate surface area is 253 Å². The number of halogens is 1. The van der Waals surface area contributed by atoms with Gasteiger partial charge in [0.15, 0.2) is 5.78 Å². The van der Waals surface area contributed by atoms with Crippen molar-refractivity contribution in [2.45, 2.75) is 70.4 Å². The minimum Gasteiger partial charge on any atom is -0.458 e. The van der Waals surface area contributed by atoms with Crippen LogP contribution >= 0.6 is 0 Å². The molecule has 1 aliphatic carbocycles. The molecule has 0 unspecified atom stereocenters. The third-order valence-electron chi connectivity index (χ3n) is 9.54. The molecule has 1 saturated heterocycles. The number of Topliss-reactive ketones (excluding diaryl/α,β-unsaturated/α-hetero) is 1. The summed E-state index contributed by atoms with van der Waals surface area (Å²) in [5.41, 5.74) is 3.02. The molecule has 2 aromatic carbocycles. The molecule has 1 aliphatic heterocycles. The topological polar surface area (TPSA) is 88.7 Å². The highest BCUT2D eigenvalue weighted by atomic mass is 19.1. The monoisotopic (exact) mass is 590 g/mol. The smallest absolute Gasteiger partial charge is 0.354 e. The van der Waals surface area contributed by atoms with Crippen LogP contribution in [0, 0.1) is 17.8 Å². The Balaban J connectivity index is 1.32. The molecule has 1 amide bonds. The molecule has 0 radical (unpaired) electrons. The van der Waals surface area contributed by atoms with Gasteiger partial charge in [-0.1, -0.05) is 43.3 Å². The SMILES string of the molecule is CO[C@@H](C)COC(=O)c1cc2cc(CC(=O)[C@@H]3[C@@H](c4ccccc4)CCN3C(=O)C3CCC([C@H](C)CF)CC3)ccc2[nH]1. The Kier molecular flexibility index (Phi) is 9.96. The van der Waals surface area contributed by atoms with Crippen molar-refractivity contribution in [3.8, 4) is 0 Å². The lowest BCUT2D eigenvalue weighted by Crippen LogP contribution is -2.46. The van der Waals surface area contributed by atoms with Gasteiger partial charge in [0.1, 0.15) is 12.3 Å². The van der Waals surface area contributed by atoms with E-state index >= 15 is 0 Å². The van der Waals surface area contributed by atoms with Crippen LogP contribution in [0.3, 0.4) is 0 Å². The molecule has 0 spiro atoms. The number of nitrogens with one attached hydrogen (secondary N) is 1. The third kappa shape index (κ3) is 7.01. The molecule has 0 bridgehead atoms. The predicted octanol–water partition coefficient (Wildman–Crippen LogP) is 6.27. The van der Waals surface area contributed by atoms with E-state index in [2.05, 4.69) is 4.98 Å². The van der Waals surface area contributed by atoms with E-state index in [0.29, 0.717) is 18.2 Å². The van der Waals surface area contributed by atoms with Gasteiger partial charge in [-0.2, -0.15) is 0 Å². The van der Waals surface area contributed by atoms with Crippen molar-refractivity contribution in [2.75, 3.05) is 26.9 Å². The number of H-pyrrole nitrogens is 1. The van der Waals surface area contributed by atoms with Crippen LogP contribution in [0.5, 0.6) is 0 Å². The van der Waals surface area contributed by atoms with Crippen LogP contribution in [0.4, 0.5) is 4.39 Å². The summed E-state index contributed by atoms with van der Waals surface area (Å²) in [6.07, 6.45) is 3.94. The van der Waals surface area contributed by atoms with E-state index in [1.807, 2.05) is 67.3 Å².